The molecule has 4 aromatic rings. The topological polar surface area (TPSA) is 112 Å². The Morgan fingerprint density at radius 1 is 1.05 bits per heavy atom. The van der Waals surface area contributed by atoms with E-state index < -0.39 is 0 Å². The van der Waals surface area contributed by atoms with Crippen LogP contribution in [0.2, 0.25) is 0 Å². The summed E-state index contributed by atoms with van der Waals surface area (Å²) >= 11 is 0. The number of pyridine rings is 1. The molecule has 0 aliphatic carbocycles. The molecule has 2 aromatic carbocycles. The van der Waals surface area contributed by atoms with E-state index in [1.54, 1.807) is 13.3 Å². The highest BCUT2D eigenvalue weighted by atomic mass is 16.5. The number of amides is 1. The van der Waals surface area contributed by atoms with Crippen molar-refractivity contribution in [1.82, 2.24) is 19.8 Å². The first-order valence-electron chi connectivity index (χ1n) is 14.9. The second-order valence-electron chi connectivity index (χ2n) is 10.7. The van der Waals surface area contributed by atoms with Gasteiger partial charge in [0.25, 0.3) is 5.91 Å². The first-order valence-corrected chi connectivity index (χ1v) is 14.9. The Morgan fingerprint density at radius 2 is 1.73 bits per heavy atom. The van der Waals surface area contributed by atoms with Crippen molar-refractivity contribution in [3.05, 3.63) is 84.2 Å². The van der Waals surface area contributed by atoms with Crippen molar-refractivity contribution in [2.24, 2.45) is 7.05 Å². The quantitative estimate of drug-likeness (QED) is 0.247. The Kier molecular flexibility index (Phi) is 14.0. The van der Waals surface area contributed by atoms with Crippen molar-refractivity contribution in [3.63, 3.8) is 0 Å². The highest BCUT2D eigenvalue weighted by Gasteiger charge is 2.17. The summed E-state index contributed by atoms with van der Waals surface area (Å²) in [5.74, 6) is 0.308. The fraction of sp³-hybridized carbons (Fsp3) is 0.382. The third-order valence-electron chi connectivity index (χ3n) is 7.49. The fourth-order valence-corrected chi connectivity index (χ4v) is 5.12. The molecule has 1 aliphatic rings. The number of carbonyl (C=O) groups excluding carboxylic acids is 2. The van der Waals surface area contributed by atoms with Gasteiger partial charge in [0, 0.05) is 86.6 Å². The van der Waals surface area contributed by atoms with Gasteiger partial charge >= 0.3 is 0 Å². The lowest BCUT2D eigenvalue weighted by molar-refractivity contribution is -0.0980. The minimum atomic E-state index is -0.189. The third kappa shape index (κ3) is 9.72. The number of nitrogens with one attached hydrogen (secondary N) is 2. The van der Waals surface area contributed by atoms with Gasteiger partial charge in [-0.05, 0) is 81.4 Å². The van der Waals surface area contributed by atoms with E-state index in [-0.39, 0.29) is 12.0 Å². The van der Waals surface area contributed by atoms with Crippen LogP contribution >= 0.6 is 0 Å². The number of aliphatic hydroxyl groups is 1. The molecule has 0 radical (unpaired) electrons. The number of hydrogen-bond acceptors (Lipinski definition) is 8. The van der Waals surface area contributed by atoms with E-state index in [9.17, 15) is 9.90 Å². The average Bonchev–Trinajstić information content (AvgIpc) is 3.42. The molecule has 44 heavy (non-hydrogen) atoms. The molecule has 3 heterocycles. The first kappa shape index (κ1) is 34.4. The molecule has 236 valence electrons. The van der Waals surface area contributed by atoms with Crippen molar-refractivity contribution >= 4 is 40.8 Å². The monoisotopic (exact) mass is 602 g/mol. The zero-order chi connectivity index (χ0) is 31.9. The molecule has 1 aliphatic heterocycles. The van der Waals surface area contributed by atoms with Gasteiger partial charge in [0.2, 0.25) is 0 Å². The average molecular weight is 603 g/mol. The molecule has 5 rings (SSSR count). The molecule has 2 aromatic heterocycles. The number of aliphatic hydroxyl groups excluding tert-OH is 1. The molecule has 0 atom stereocenters. The molecule has 0 saturated carbocycles. The lowest BCUT2D eigenvalue weighted by Crippen LogP contribution is -2.37. The number of anilines is 3. The van der Waals surface area contributed by atoms with Crippen LogP contribution in [-0.2, 0) is 23.0 Å². The molecule has 10 nitrogen and oxygen atoms in total. The first-order chi connectivity index (χ1) is 21.4. The summed E-state index contributed by atoms with van der Waals surface area (Å²) < 4.78 is 7.48. The van der Waals surface area contributed by atoms with Crippen LogP contribution < -0.4 is 15.5 Å². The van der Waals surface area contributed by atoms with Crippen LogP contribution in [0.3, 0.4) is 0 Å². The smallest absolute Gasteiger partial charge is 0.256 e. The molecule has 0 bridgehead atoms. The van der Waals surface area contributed by atoms with Crippen LogP contribution in [0.5, 0.6) is 0 Å². The van der Waals surface area contributed by atoms with E-state index in [0.29, 0.717) is 24.5 Å². The molecular formula is C34H46N6O4. The summed E-state index contributed by atoms with van der Waals surface area (Å²) in [5.41, 5.74) is 4.93. The number of nitrogens with zero attached hydrogens (tertiary/aromatic N) is 4. The van der Waals surface area contributed by atoms with Crippen LogP contribution in [0.15, 0.2) is 73.1 Å². The van der Waals surface area contributed by atoms with E-state index in [2.05, 4.69) is 60.4 Å². The second-order valence-corrected chi connectivity index (χ2v) is 10.7. The van der Waals surface area contributed by atoms with Gasteiger partial charge in [0.1, 0.15) is 12.6 Å². The normalized spacial score (nSPS) is 13.4. The maximum absolute atomic E-state index is 13.0. The second kappa shape index (κ2) is 17.9. The van der Waals surface area contributed by atoms with Gasteiger partial charge in [-0.2, -0.15) is 0 Å². The molecule has 1 fully saturated rings. The van der Waals surface area contributed by atoms with E-state index in [0.717, 1.165) is 55.7 Å². The summed E-state index contributed by atoms with van der Waals surface area (Å²) in [5, 5.41) is 16.6. The number of piperidine rings is 1. The van der Waals surface area contributed by atoms with Crippen molar-refractivity contribution in [3.8, 4) is 0 Å². The zero-order valence-corrected chi connectivity index (χ0v) is 26.3. The van der Waals surface area contributed by atoms with Crippen LogP contribution in [0, 0.1) is 0 Å². The summed E-state index contributed by atoms with van der Waals surface area (Å²) in [4.78, 5) is 30.0. The van der Waals surface area contributed by atoms with Crippen LogP contribution in [0.1, 0.15) is 28.8 Å². The van der Waals surface area contributed by atoms with E-state index in [1.807, 2.05) is 64.3 Å². The van der Waals surface area contributed by atoms with Gasteiger partial charge < -0.3 is 39.6 Å². The molecular weight excluding hydrogens is 556 g/mol. The van der Waals surface area contributed by atoms with Crippen molar-refractivity contribution in [1.29, 1.82) is 0 Å². The largest absolute Gasteiger partial charge is 0.393 e. The Morgan fingerprint density at radius 3 is 2.41 bits per heavy atom. The summed E-state index contributed by atoms with van der Waals surface area (Å²) in [6, 6.07) is 20.1. The number of likely N-dealkylation sites (tertiary alicyclic amines) is 1. The van der Waals surface area contributed by atoms with Gasteiger partial charge in [-0.3, -0.25) is 4.79 Å². The number of benzene rings is 2. The van der Waals surface area contributed by atoms with Crippen molar-refractivity contribution < 1.29 is 19.4 Å². The van der Waals surface area contributed by atoms with Gasteiger partial charge in [-0.1, -0.05) is 12.1 Å². The number of carbonyl (C=O) groups is 2. The maximum Gasteiger partial charge on any atom is 0.256 e. The maximum atomic E-state index is 13.0. The Labute approximate surface area is 260 Å². The Balaban J connectivity index is 0.000000997. The molecule has 0 spiro atoms. The van der Waals surface area contributed by atoms with Crippen molar-refractivity contribution in [2.45, 2.75) is 25.4 Å². The number of aryl methyl sites for hydroxylation is 1. The fourth-order valence-electron chi connectivity index (χ4n) is 5.12. The van der Waals surface area contributed by atoms with E-state index in [1.165, 1.54) is 11.1 Å². The van der Waals surface area contributed by atoms with E-state index in [4.69, 9.17) is 9.53 Å². The van der Waals surface area contributed by atoms with Crippen LogP contribution in [-0.4, -0.2) is 92.3 Å². The standard InChI is InChI=1S/C31H37N5O3.C2H7N.CH2O/c1-34-15-11-25-21-26(7-8-29(25)34)36(19-20-39-2)27-9-14-32-30(22-27)33-31(38)24-5-3-23(4-6-24)10-16-35-17-12-28(37)13-18-35;1-3-2;1-2/h3-9,11,14-15,21-22,28,37H,10,12-13,16-20H2,1-2H3,(H,32,33,38);3H,1-2H3;1H2. The minimum absolute atomic E-state index is 0.152. The number of ether oxygens (including phenoxy) is 1. The molecule has 1 amide bonds. The number of hydrogen-bond donors (Lipinski definition) is 3. The Hall–Kier alpha value is -4.09. The predicted molar refractivity (Wildman–Crippen MR) is 178 cm³/mol. The summed E-state index contributed by atoms with van der Waals surface area (Å²) in [7, 11) is 7.49. The Bertz CT molecular complexity index is 1430. The highest BCUT2D eigenvalue weighted by Crippen LogP contribution is 2.30. The SMILES string of the molecule is C=O.CNC.COCCN(c1ccnc(NC(=O)c2ccc(CCN3CCC(O)CC3)cc2)c1)c1ccc2c(ccn2C)c1. The van der Waals surface area contributed by atoms with Crippen molar-refractivity contribution in [2.75, 3.05) is 64.2 Å². The lowest BCUT2D eigenvalue weighted by atomic mass is 10.1. The third-order valence-corrected chi connectivity index (χ3v) is 7.49. The molecule has 10 heteroatoms. The summed E-state index contributed by atoms with van der Waals surface area (Å²) in [6.07, 6.45) is 6.24. The van der Waals surface area contributed by atoms with Crippen LogP contribution in [0.4, 0.5) is 17.2 Å². The molecule has 0 unspecified atom stereocenters. The van der Waals surface area contributed by atoms with Gasteiger partial charge in [-0.25, -0.2) is 4.98 Å². The number of methoxy groups -OCH3 is 1. The van der Waals surface area contributed by atoms with Gasteiger partial charge in [0.15, 0.2) is 0 Å². The summed E-state index contributed by atoms with van der Waals surface area (Å²) in [6.45, 7) is 6.06. The number of fused-ring (bicyclic) bond motifs is 1. The zero-order valence-electron chi connectivity index (χ0n) is 26.3. The van der Waals surface area contributed by atoms with Gasteiger partial charge in [-0.15, -0.1) is 0 Å². The highest BCUT2D eigenvalue weighted by molar-refractivity contribution is 6.04. The lowest BCUT2D eigenvalue weighted by Gasteiger charge is -2.29. The number of rotatable bonds is 10. The van der Waals surface area contributed by atoms with Crippen LogP contribution in [0.25, 0.3) is 10.9 Å². The van der Waals surface area contributed by atoms with Gasteiger partial charge in [0.05, 0.1) is 12.7 Å². The number of aromatic nitrogens is 2. The molecule has 3 N–H and O–H groups in total. The van der Waals surface area contributed by atoms with E-state index >= 15 is 0 Å². The predicted octanol–water partition coefficient (Wildman–Crippen LogP) is 4.26. The minimum Gasteiger partial charge on any atom is -0.393 e. The molecule has 1 saturated heterocycles.